The molecule has 0 saturated heterocycles. The monoisotopic (exact) mass is 284 g/mol. The van der Waals surface area contributed by atoms with Gasteiger partial charge in [0.05, 0.1) is 0 Å². The molecule has 1 rings (SSSR count). The number of carbonyl (C=O) groups is 1. The van der Waals surface area contributed by atoms with E-state index in [-0.39, 0.29) is 11.9 Å². The third-order valence-corrected chi connectivity index (χ3v) is 4.47. The van der Waals surface area contributed by atoms with Gasteiger partial charge in [-0.25, -0.2) is 4.98 Å². The molecule has 1 aromatic rings. The van der Waals surface area contributed by atoms with Gasteiger partial charge in [0, 0.05) is 26.7 Å². The Labute approximate surface area is 119 Å². The number of hydrogen-bond donors (Lipinski definition) is 1. The van der Waals surface area contributed by atoms with Gasteiger partial charge in [0.2, 0.25) is 0 Å². The third-order valence-electron chi connectivity index (χ3n) is 3.29. The second-order valence-electron chi connectivity index (χ2n) is 4.81. The molecule has 0 fully saturated rings. The summed E-state index contributed by atoms with van der Waals surface area (Å²) in [4.78, 5) is 21.0. The van der Waals surface area contributed by atoms with Crippen molar-refractivity contribution in [2.75, 3.05) is 31.3 Å². The highest BCUT2D eigenvalue weighted by Crippen LogP contribution is 2.29. The van der Waals surface area contributed by atoms with Crippen molar-refractivity contribution in [2.24, 2.45) is 0 Å². The van der Waals surface area contributed by atoms with Crippen molar-refractivity contribution in [3.05, 3.63) is 4.88 Å². The minimum absolute atomic E-state index is 0.0412. The Morgan fingerprint density at radius 1 is 1.42 bits per heavy atom. The fourth-order valence-electron chi connectivity index (χ4n) is 1.70. The molecule has 2 N–H and O–H groups in total. The number of thiazole rings is 1. The Kier molecular flexibility index (Phi) is 5.60. The fourth-order valence-corrected chi connectivity index (χ4v) is 2.66. The van der Waals surface area contributed by atoms with Gasteiger partial charge in [0.1, 0.15) is 10.7 Å². The van der Waals surface area contributed by atoms with Crippen LogP contribution in [0.4, 0.5) is 10.9 Å². The van der Waals surface area contributed by atoms with Crippen molar-refractivity contribution >= 4 is 28.2 Å². The zero-order valence-electron chi connectivity index (χ0n) is 12.4. The first-order chi connectivity index (χ1) is 8.92. The summed E-state index contributed by atoms with van der Waals surface area (Å²) in [5.41, 5.74) is 5.88. The summed E-state index contributed by atoms with van der Waals surface area (Å²) < 4.78 is 0. The second-order valence-corrected chi connectivity index (χ2v) is 5.78. The van der Waals surface area contributed by atoms with E-state index in [0.29, 0.717) is 10.7 Å². The Balaban J connectivity index is 2.92. The zero-order chi connectivity index (χ0) is 14.6. The summed E-state index contributed by atoms with van der Waals surface area (Å²) in [7, 11) is 3.78. The van der Waals surface area contributed by atoms with Crippen LogP contribution in [0.3, 0.4) is 0 Å². The van der Waals surface area contributed by atoms with E-state index in [2.05, 4.69) is 18.8 Å². The molecule has 0 spiro atoms. The molecule has 0 saturated carbocycles. The van der Waals surface area contributed by atoms with E-state index in [4.69, 9.17) is 5.73 Å². The van der Waals surface area contributed by atoms with E-state index < -0.39 is 0 Å². The van der Waals surface area contributed by atoms with Crippen molar-refractivity contribution < 1.29 is 4.79 Å². The van der Waals surface area contributed by atoms with Gasteiger partial charge in [0.15, 0.2) is 5.13 Å². The summed E-state index contributed by atoms with van der Waals surface area (Å²) in [5.74, 6) is 0.295. The lowest BCUT2D eigenvalue weighted by atomic mass is 10.2. The van der Waals surface area contributed by atoms with E-state index in [0.717, 1.165) is 24.5 Å². The maximum atomic E-state index is 12.4. The highest BCUT2D eigenvalue weighted by Gasteiger charge is 2.23. The molecule has 1 unspecified atom stereocenters. The first-order valence-electron chi connectivity index (χ1n) is 6.66. The van der Waals surface area contributed by atoms with Gasteiger partial charge in [0.25, 0.3) is 5.91 Å². The minimum atomic E-state index is -0.0412. The van der Waals surface area contributed by atoms with Crippen molar-refractivity contribution in [3.63, 3.8) is 0 Å². The molecular formula is C13H24N4OS. The molecule has 5 nitrogen and oxygen atoms in total. The molecule has 0 aliphatic heterocycles. The summed E-state index contributed by atoms with van der Waals surface area (Å²) >= 11 is 1.37. The van der Waals surface area contributed by atoms with Gasteiger partial charge in [-0.15, -0.1) is 0 Å². The first-order valence-corrected chi connectivity index (χ1v) is 7.48. The van der Waals surface area contributed by atoms with Gasteiger partial charge in [-0.2, -0.15) is 0 Å². The average molecular weight is 284 g/mol. The van der Waals surface area contributed by atoms with Gasteiger partial charge in [-0.1, -0.05) is 25.2 Å². The van der Waals surface area contributed by atoms with E-state index in [9.17, 15) is 4.79 Å². The molecule has 108 valence electrons. The number of nitrogens with two attached hydrogens (primary N) is 1. The lowest BCUT2D eigenvalue weighted by molar-refractivity contribution is 0.0746. The highest BCUT2D eigenvalue weighted by atomic mass is 32.1. The van der Waals surface area contributed by atoms with Gasteiger partial charge in [-0.3, -0.25) is 4.79 Å². The molecule has 1 heterocycles. The van der Waals surface area contributed by atoms with Crippen molar-refractivity contribution in [3.8, 4) is 0 Å². The standard InChI is InChI=1S/C13H24N4OS/c1-6-8-16(4)13-15-11(14)10(19-13)12(18)17(5)9(3)7-2/h9H,6-8,14H2,1-5H3. The number of amides is 1. The van der Waals surface area contributed by atoms with Crippen LogP contribution in [-0.2, 0) is 0 Å². The molecule has 1 amide bonds. The summed E-state index contributed by atoms with van der Waals surface area (Å²) in [6.45, 7) is 7.10. The quantitative estimate of drug-likeness (QED) is 0.871. The Morgan fingerprint density at radius 3 is 2.58 bits per heavy atom. The number of hydrogen-bond acceptors (Lipinski definition) is 5. The molecule has 0 radical (unpaired) electrons. The summed E-state index contributed by atoms with van der Waals surface area (Å²) in [6.07, 6.45) is 1.95. The van der Waals surface area contributed by atoms with Gasteiger partial charge >= 0.3 is 0 Å². The van der Waals surface area contributed by atoms with E-state index in [1.165, 1.54) is 11.3 Å². The SMILES string of the molecule is CCCN(C)c1nc(N)c(C(=O)N(C)C(C)CC)s1. The molecule has 6 heteroatoms. The lowest BCUT2D eigenvalue weighted by Crippen LogP contribution is -2.34. The number of aromatic nitrogens is 1. The van der Waals surface area contributed by atoms with Crippen LogP contribution in [0.15, 0.2) is 0 Å². The lowest BCUT2D eigenvalue weighted by Gasteiger charge is -2.23. The third kappa shape index (κ3) is 3.59. The van der Waals surface area contributed by atoms with E-state index >= 15 is 0 Å². The molecule has 19 heavy (non-hydrogen) atoms. The predicted octanol–water partition coefficient (Wildman–Crippen LogP) is 2.44. The second kappa shape index (κ2) is 6.75. The topological polar surface area (TPSA) is 62.5 Å². The number of anilines is 2. The number of nitrogen functional groups attached to an aromatic ring is 1. The van der Waals surface area contributed by atoms with Crippen LogP contribution in [0.25, 0.3) is 0 Å². The molecule has 1 aromatic heterocycles. The molecular weight excluding hydrogens is 260 g/mol. The number of nitrogens with zero attached hydrogens (tertiary/aromatic N) is 3. The Hall–Kier alpha value is -1.30. The van der Waals surface area contributed by atoms with E-state index in [1.54, 1.807) is 4.90 Å². The Bertz CT molecular complexity index is 432. The highest BCUT2D eigenvalue weighted by molar-refractivity contribution is 7.18. The van der Waals surface area contributed by atoms with Gasteiger partial charge in [-0.05, 0) is 19.8 Å². The van der Waals surface area contributed by atoms with Crippen LogP contribution in [0.1, 0.15) is 43.3 Å². The Morgan fingerprint density at radius 2 is 2.05 bits per heavy atom. The number of rotatable bonds is 6. The predicted molar refractivity (Wildman–Crippen MR) is 81.9 cm³/mol. The van der Waals surface area contributed by atoms with Crippen molar-refractivity contribution in [1.29, 1.82) is 0 Å². The van der Waals surface area contributed by atoms with Crippen molar-refractivity contribution in [1.82, 2.24) is 9.88 Å². The van der Waals surface area contributed by atoms with Crippen LogP contribution in [0, 0.1) is 0 Å². The van der Waals surface area contributed by atoms with Crippen LogP contribution < -0.4 is 10.6 Å². The van der Waals surface area contributed by atoms with Crippen molar-refractivity contribution in [2.45, 2.75) is 39.7 Å². The van der Waals surface area contributed by atoms with Crippen LogP contribution in [-0.4, -0.2) is 42.5 Å². The van der Waals surface area contributed by atoms with Gasteiger partial charge < -0.3 is 15.5 Å². The van der Waals surface area contributed by atoms with Crippen LogP contribution >= 0.6 is 11.3 Å². The largest absolute Gasteiger partial charge is 0.382 e. The molecule has 0 aromatic carbocycles. The molecule has 0 aliphatic rings. The number of carbonyl (C=O) groups excluding carboxylic acids is 1. The fraction of sp³-hybridized carbons (Fsp3) is 0.692. The smallest absolute Gasteiger partial charge is 0.267 e. The van der Waals surface area contributed by atoms with E-state index in [1.807, 2.05) is 25.9 Å². The maximum Gasteiger partial charge on any atom is 0.267 e. The molecule has 0 aliphatic carbocycles. The average Bonchev–Trinajstić information content (AvgIpc) is 2.78. The minimum Gasteiger partial charge on any atom is -0.382 e. The van der Waals surface area contributed by atoms with Crippen LogP contribution in [0.5, 0.6) is 0 Å². The summed E-state index contributed by atoms with van der Waals surface area (Å²) in [6, 6.07) is 0.200. The maximum absolute atomic E-state index is 12.4. The normalized spacial score (nSPS) is 12.3. The van der Waals surface area contributed by atoms with Crippen LogP contribution in [0.2, 0.25) is 0 Å². The molecule has 0 bridgehead atoms. The summed E-state index contributed by atoms with van der Waals surface area (Å²) in [5, 5.41) is 0.806. The molecule has 1 atom stereocenters. The zero-order valence-corrected chi connectivity index (χ0v) is 13.3. The first kappa shape index (κ1) is 15.8.